The molecule has 1 unspecified atom stereocenters. The number of urea groups is 1. The molecule has 1 atom stereocenters. The van der Waals surface area contributed by atoms with Gasteiger partial charge in [-0.2, -0.15) is 11.8 Å². The second-order valence-corrected chi connectivity index (χ2v) is 5.48. The molecule has 0 saturated carbocycles. The first-order valence-corrected chi connectivity index (χ1v) is 7.13. The molecule has 0 aromatic carbocycles. The molecule has 108 valence electrons. The number of carboxylic acids is 1. The number of nitrogens with zero attached hydrogens (tertiary/aromatic N) is 2. The Morgan fingerprint density at radius 2 is 2.16 bits per heavy atom. The second kappa shape index (κ2) is 7.22. The zero-order valence-corrected chi connectivity index (χ0v) is 11.9. The number of likely N-dealkylation sites (N-methyl/N-ethyl adjacent to an activating group) is 2. The second-order valence-electron chi connectivity index (χ2n) is 4.33. The highest BCUT2D eigenvalue weighted by molar-refractivity contribution is 7.99. The zero-order chi connectivity index (χ0) is 14.4. The lowest BCUT2D eigenvalue weighted by Crippen LogP contribution is -2.53. The number of hydrogen-bond acceptors (Lipinski definition) is 4. The van der Waals surface area contributed by atoms with E-state index in [1.807, 2.05) is 0 Å². The summed E-state index contributed by atoms with van der Waals surface area (Å²) in [6.45, 7) is 0.484. The average Bonchev–Trinajstić information content (AvgIpc) is 2.37. The highest BCUT2D eigenvalue weighted by Gasteiger charge is 2.30. The van der Waals surface area contributed by atoms with E-state index in [4.69, 9.17) is 5.11 Å². The van der Waals surface area contributed by atoms with Gasteiger partial charge in [-0.3, -0.25) is 9.59 Å². The molecule has 1 fully saturated rings. The van der Waals surface area contributed by atoms with E-state index < -0.39 is 5.97 Å². The Morgan fingerprint density at radius 1 is 1.47 bits per heavy atom. The largest absolute Gasteiger partial charge is 0.481 e. The highest BCUT2D eigenvalue weighted by atomic mass is 32.2. The third-order valence-corrected chi connectivity index (χ3v) is 3.96. The monoisotopic (exact) mass is 289 g/mol. The predicted octanol–water partition coefficient (Wildman–Crippen LogP) is -0.324. The van der Waals surface area contributed by atoms with E-state index in [9.17, 15) is 14.4 Å². The van der Waals surface area contributed by atoms with Crippen LogP contribution in [0.15, 0.2) is 0 Å². The van der Waals surface area contributed by atoms with Gasteiger partial charge in [0.2, 0.25) is 5.91 Å². The van der Waals surface area contributed by atoms with E-state index in [1.165, 1.54) is 19.0 Å². The van der Waals surface area contributed by atoms with Gasteiger partial charge >= 0.3 is 12.0 Å². The molecule has 1 rings (SSSR count). The molecular formula is C11H19N3O4S. The van der Waals surface area contributed by atoms with Crippen molar-refractivity contribution in [3.63, 3.8) is 0 Å². The van der Waals surface area contributed by atoms with Crippen LogP contribution in [0, 0.1) is 0 Å². The smallest absolute Gasteiger partial charge is 0.320 e. The van der Waals surface area contributed by atoms with Crippen LogP contribution in [-0.2, 0) is 9.59 Å². The number of rotatable bonds is 4. The topological polar surface area (TPSA) is 90.0 Å². The van der Waals surface area contributed by atoms with Crippen LogP contribution in [0.25, 0.3) is 0 Å². The van der Waals surface area contributed by atoms with Gasteiger partial charge in [0.15, 0.2) is 0 Å². The summed E-state index contributed by atoms with van der Waals surface area (Å²) >= 11 is 1.64. The maximum absolute atomic E-state index is 12.2. The van der Waals surface area contributed by atoms with E-state index in [-0.39, 0.29) is 30.9 Å². The van der Waals surface area contributed by atoms with Gasteiger partial charge in [-0.05, 0) is 0 Å². The van der Waals surface area contributed by atoms with Gasteiger partial charge in [0.25, 0.3) is 0 Å². The number of aliphatic carboxylic acids is 1. The maximum Gasteiger partial charge on any atom is 0.320 e. The van der Waals surface area contributed by atoms with Crippen LogP contribution >= 0.6 is 11.8 Å². The normalized spacial score (nSPS) is 18.8. The first-order chi connectivity index (χ1) is 8.95. The molecular weight excluding hydrogens is 270 g/mol. The van der Waals surface area contributed by atoms with Crippen LogP contribution in [0.4, 0.5) is 4.79 Å². The predicted molar refractivity (Wildman–Crippen MR) is 72.2 cm³/mol. The van der Waals surface area contributed by atoms with Gasteiger partial charge in [0.1, 0.15) is 6.54 Å². The molecule has 0 spiro atoms. The highest BCUT2D eigenvalue weighted by Crippen LogP contribution is 2.20. The van der Waals surface area contributed by atoms with Gasteiger partial charge in [-0.25, -0.2) is 4.79 Å². The van der Waals surface area contributed by atoms with Gasteiger partial charge in [0, 0.05) is 32.1 Å². The summed E-state index contributed by atoms with van der Waals surface area (Å²) in [4.78, 5) is 37.1. The molecule has 7 nitrogen and oxygen atoms in total. The van der Waals surface area contributed by atoms with Gasteiger partial charge in [0.05, 0.1) is 12.5 Å². The quantitative estimate of drug-likeness (QED) is 0.740. The fraction of sp³-hybridized carbons (Fsp3) is 0.727. The van der Waals surface area contributed by atoms with Crippen molar-refractivity contribution >= 4 is 29.7 Å². The Kier molecular flexibility index (Phi) is 5.94. The van der Waals surface area contributed by atoms with Crippen LogP contribution < -0.4 is 5.32 Å². The Morgan fingerprint density at radius 3 is 2.74 bits per heavy atom. The first-order valence-electron chi connectivity index (χ1n) is 5.97. The van der Waals surface area contributed by atoms with E-state index in [2.05, 4.69) is 5.32 Å². The van der Waals surface area contributed by atoms with Crippen molar-refractivity contribution in [2.45, 2.75) is 12.5 Å². The minimum Gasteiger partial charge on any atom is -0.481 e. The van der Waals surface area contributed by atoms with Crippen LogP contribution in [0.2, 0.25) is 0 Å². The van der Waals surface area contributed by atoms with Crippen LogP contribution in [0.5, 0.6) is 0 Å². The molecule has 0 aromatic heterocycles. The minimum absolute atomic E-state index is 0.0290. The van der Waals surface area contributed by atoms with Crippen molar-refractivity contribution in [1.82, 2.24) is 15.1 Å². The van der Waals surface area contributed by atoms with Gasteiger partial charge in [-0.1, -0.05) is 0 Å². The number of carbonyl (C=O) groups excluding carboxylic acids is 2. The Balaban J connectivity index is 2.65. The molecule has 1 saturated heterocycles. The van der Waals surface area contributed by atoms with Gasteiger partial charge < -0.3 is 20.2 Å². The van der Waals surface area contributed by atoms with Crippen molar-refractivity contribution in [2.24, 2.45) is 0 Å². The molecule has 0 aliphatic carbocycles. The van der Waals surface area contributed by atoms with Crippen molar-refractivity contribution in [3.05, 3.63) is 0 Å². The molecule has 1 aliphatic rings. The zero-order valence-electron chi connectivity index (χ0n) is 11.1. The molecule has 0 radical (unpaired) electrons. The number of hydrogen-bond donors (Lipinski definition) is 2. The molecule has 2 N–H and O–H groups in total. The summed E-state index contributed by atoms with van der Waals surface area (Å²) in [6, 6.07) is -0.606. The van der Waals surface area contributed by atoms with E-state index in [0.717, 1.165) is 5.75 Å². The summed E-state index contributed by atoms with van der Waals surface area (Å²) in [6.07, 6.45) is -0.0629. The van der Waals surface area contributed by atoms with E-state index >= 15 is 0 Å². The van der Waals surface area contributed by atoms with Crippen LogP contribution in [0.3, 0.4) is 0 Å². The standard InChI is InChI=1S/C11H19N3O4S/c1-12-9(15)6-13(2)11(18)14-3-4-19-7-8(14)5-10(16)17/h8H,3-7H2,1-2H3,(H,12,15)(H,16,17). The first kappa shape index (κ1) is 15.6. The van der Waals surface area contributed by atoms with E-state index in [1.54, 1.807) is 16.7 Å². The summed E-state index contributed by atoms with van der Waals surface area (Å²) in [5.41, 5.74) is 0. The number of thioether (sulfide) groups is 1. The molecule has 1 heterocycles. The summed E-state index contributed by atoms with van der Waals surface area (Å²) < 4.78 is 0. The van der Waals surface area contributed by atoms with Crippen molar-refractivity contribution < 1.29 is 19.5 Å². The van der Waals surface area contributed by atoms with Crippen LogP contribution in [-0.4, -0.2) is 77.5 Å². The summed E-state index contributed by atoms with van der Waals surface area (Å²) in [5.74, 6) is 0.234. The molecule has 0 aromatic rings. The molecule has 19 heavy (non-hydrogen) atoms. The summed E-state index contributed by atoms with van der Waals surface area (Å²) in [7, 11) is 3.04. The summed E-state index contributed by atoms with van der Waals surface area (Å²) in [5, 5.41) is 11.3. The number of carboxylic acid groups (broad SMARTS) is 1. The van der Waals surface area contributed by atoms with Gasteiger partial charge in [-0.15, -0.1) is 0 Å². The lowest BCUT2D eigenvalue weighted by molar-refractivity contribution is -0.138. The molecule has 8 heteroatoms. The van der Waals surface area contributed by atoms with Crippen molar-refractivity contribution in [1.29, 1.82) is 0 Å². The Hall–Kier alpha value is -1.44. The lowest BCUT2D eigenvalue weighted by Gasteiger charge is -2.36. The number of amides is 3. The third kappa shape index (κ3) is 4.62. The minimum atomic E-state index is -0.917. The molecule has 1 aliphatic heterocycles. The van der Waals surface area contributed by atoms with Crippen molar-refractivity contribution in [2.75, 3.05) is 38.7 Å². The lowest BCUT2D eigenvalue weighted by atomic mass is 10.2. The van der Waals surface area contributed by atoms with Crippen LogP contribution in [0.1, 0.15) is 6.42 Å². The number of carbonyl (C=O) groups is 3. The van der Waals surface area contributed by atoms with E-state index in [0.29, 0.717) is 12.3 Å². The average molecular weight is 289 g/mol. The Labute approximate surface area is 116 Å². The maximum atomic E-state index is 12.2. The fourth-order valence-electron chi connectivity index (χ4n) is 1.86. The third-order valence-electron chi connectivity index (χ3n) is 2.87. The Bertz CT molecular complexity index is 364. The molecule has 3 amide bonds. The fourth-order valence-corrected chi connectivity index (χ4v) is 2.92. The SMILES string of the molecule is CNC(=O)CN(C)C(=O)N1CCSCC1CC(=O)O. The van der Waals surface area contributed by atoms with Crippen molar-refractivity contribution in [3.8, 4) is 0 Å². The number of nitrogens with one attached hydrogen (secondary N) is 1. The molecule has 0 bridgehead atoms.